The number of pyridine rings is 1. The molecular weight excluding hydrogens is 408 g/mol. The summed E-state index contributed by atoms with van der Waals surface area (Å²) in [4.78, 5) is 20.1. The molecule has 32 heavy (non-hydrogen) atoms. The minimum Gasteiger partial charge on any atom is -0.493 e. The zero-order valence-electron chi connectivity index (χ0n) is 17.7. The van der Waals surface area contributed by atoms with Crippen LogP contribution in [0.3, 0.4) is 0 Å². The standard InChI is InChI=1S/C23H24N6O3/c30-22-17-10-16(29-11-23(12-29)13-31-14-23)6-7-19(17)32-9-2-1-8-28-15-24-27-21(28)18-4-3-5-20(25-18)26-22/h3-7,10,15H,1-2,8-9,11-14H2,(H,25,26,30). The number of nitrogens with zero attached hydrogens (tertiary/aromatic N) is 5. The van der Waals surface area contributed by atoms with Crippen LogP contribution in [0.5, 0.6) is 5.75 Å². The SMILES string of the molecule is O=C1Nc2cccc(n2)-c2nncn2CCCCOc2ccc(N3CC4(COC4)C3)cc21. The predicted octanol–water partition coefficient (Wildman–Crippen LogP) is 2.60. The third-order valence-corrected chi connectivity index (χ3v) is 6.33. The van der Waals surface area contributed by atoms with Crippen molar-refractivity contribution in [2.75, 3.05) is 43.1 Å². The summed E-state index contributed by atoms with van der Waals surface area (Å²) in [5, 5.41) is 11.2. The van der Waals surface area contributed by atoms with E-state index in [4.69, 9.17) is 9.47 Å². The molecule has 0 unspecified atom stereocenters. The van der Waals surface area contributed by atoms with E-state index in [0.717, 1.165) is 51.4 Å². The van der Waals surface area contributed by atoms with Crippen LogP contribution in [0.1, 0.15) is 23.2 Å². The fourth-order valence-corrected chi connectivity index (χ4v) is 4.53. The second-order valence-electron chi connectivity index (χ2n) is 8.80. The van der Waals surface area contributed by atoms with Gasteiger partial charge in [0.1, 0.15) is 23.6 Å². The Bertz CT molecular complexity index is 1160. The van der Waals surface area contributed by atoms with E-state index in [9.17, 15) is 4.79 Å². The van der Waals surface area contributed by atoms with Gasteiger partial charge in [-0.05, 0) is 43.2 Å². The Hall–Kier alpha value is -3.46. The number of fused-ring (bicyclic) bond motifs is 5. The van der Waals surface area contributed by atoms with Crippen molar-refractivity contribution in [3.8, 4) is 17.3 Å². The first-order valence-electron chi connectivity index (χ1n) is 11.0. The number of ether oxygens (including phenoxy) is 2. The predicted molar refractivity (Wildman–Crippen MR) is 118 cm³/mol. The minimum absolute atomic E-state index is 0.243. The minimum atomic E-state index is -0.243. The number of amides is 1. The van der Waals surface area contributed by atoms with Crippen LogP contribution >= 0.6 is 0 Å². The van der Waals surface area contributed by atoms with Crippen molar-refractivity contribution in [2.24, 2.45) is 5.41 Å². The third-order valence-electron chi connectivity index (χ3n) is 6.33. The van der Waals surface area contributed by atoms with Gasteiger partial charge in [0.05, 0.1) is 30.8 Å². The molecule has 5 heterocycles. The number of rotatable bonds is 1. The molecule has 9 nitrogen and oxygen atoms in total. The maximum absolute atomic E-state index is 13.2. The summed E-state index contributed by atoms with van der Waals surface area (Å²) in [5.74, 6) is 1.50. The highest BCUT2D eigenvalue weighted by Crippen LogP contribution is 2.41. The van der Waals surface area contributed by atoms with Gasteiger partial charge in [0.15, 0.2) is 5.82 Å². The highest BCUT2D eigenvalue weighted by atomic mass is 16.5. The average molecular weight is 432 g/mol. The zero-order chi connectivity index (χ0) is 21.5. The third kappa shape index (κ3) is 3.38. The van der Waals surface area contributed by atoms with Crippen molar-refractivity contribution < 1.29 is 14.3 Å². The Morgan fingerprint density at radius 3 is 2.84 bits per heavy atom. The van der Waals surface area contributed by atoms with E-state index in [-0.39, 0.29) is 5.91 Å². The molecule has 1 amide bonds. The number of hydrogen-bond donors (Lipinski definition) is 1. The Kier molecular flexibility index (Phi) is 4.57. The molecule has 9 heteroatoms. The van der Waals surface area contributed by atoms with Crippen LogP contribution in [-0.4, -0.2) is 58.6 Å². The molecular formula is C23H24N6O3. The van der Waals surface area contributed by atoms with Crippen LogP contribution in [0, 0.1) is 5.41 Å². The lowest BCUT2D eigenvalue weighted by Crippen LogP contribution is -2.66. The van der Waals surface area contributed by atoms with Gasteiger partial charge in [-0.3, -0.25) is 4.79 Å². The number of carbonyl (C=O) groups is 1. The summed E-state index contributed by atoms with van der Waals surface area (Å²) in [6.07, 6.45) is 3.46. The second-order valence-corrected chi connectivity index (χ2v) is 8.80. The summed E-state index contributed by atoms with van der Waals surface area (Å²) in [6.45, 7) is 4.87. The molecule has 0 saturated carbocycles. The molecule has 0 aliphatic carbocycles. The number of hydrogen-bond acceptors (Lipinski definition) is 7. The first-order valence-corrected chi connectivity index (χ1v) is 11.0. The summed E-state index contributed by atoms with van der Waals surface area (Å²) in [6, 6.07) is 11.4. The number of aromatic nitrogens is 4. The Morgan fingerprint density at radius 1 is 1.09 bits per heavy atom. The monoisotopic (exact) mass is 432 g/mol. The highest BCUT2D eigenvalue weighted by Gasteiger charge is 2.49. The van der Waals surface area contributed by atoms with Crippen molar-refractivity contribution in [3.63, 3.8) is 0 Å². The maximum Gasteiger partial charge on any atom is 0.260 e. The van der Waals surface area contributed by atoms with Crippen LogP contribution in [0.15, 0.2) is 42.7 Å². The van der Waals surface area contributed by atoms with Crippen LogP contribution in [0.2, 0.25) is 0 Å². The summed E-state index contributed by atoms with van der Waals surface area (Å²) in [7, 11) is 0. The topological polar surface area (TPSA) is 94.4 Å². The average Bonchev–Trinajstić information content (AvgIpc) is 3.20. The number of nitrogens with one attached hydrogen (secondary N) is 1. The lowest BCUT2D eigenvalue weighted by molar-refractivity contribution is -0.127. The molecule has 3 aromatic rings. The molecule has 1 spiro atoms. The van der Waals surface area contributed by atoms with Crippen LogP contribution in [0.25, 0.3) is 11.5 Å². The van der Waals surface area contributed by atoms with E-state index in [0.29, 0.717) is 40.7 Å². The molecule has 3 aliphatic heterocycles. The van der Waals surface area contributed by atoms with Crippen LogP contribution < -0.4 is 15.0 Å². The van der Waals surface area contributed by atoms with Gasteiger partial charge >= 0.3 is 0 Å². The van der Waals surface area contributed by atoms with Crippen LogP contribution in [0.4, 0.5) is 11.5 Å². The molecule has 1 N–H and O–H groups in total. The first-order chi connectivity index (χ1) is 15.7. The number of anilines is 2. The smallest absolute Gasteiger partial charge is 0.260 e. The molecule has 0 atom stereocenters. The van der Waals surface area contributed by atoms with Crippen molar-refractivity contribution in [3.05, 3.63) is 48.3 Å². The van der Waals surface area contributed by atoms with Gasteiger partial charge in [-0.2, -0.15) is 0 Å². The molecule has 6 rings (SSSR count). The van der Waals surface area contributed by atoms with E-state index in [1.54, 1.807) is 12.4 Å². The lowest BCUT2D eigenvalue weighted by atomic mass is 9.77. The van der Waals surface area contributed by atoms with E-state index in [1.165, 1.54) is 0 Å². The molecule has 2 aromatic heterocycles. The fourth-order valence-electron chi connectivity index (χ4n) is 4.53. The molecule has 0 radical (unpaired) electrons. The lowest BCUT2D eigenvalue weighted by Gasteiger charge is -2.56. The van der Waals surface area contributed by atoms with Crippen molar-refractivity contribution in [1.82, 2.24) is 19.7 Å². The first kappa shape index (κ1) is 19.2. The van der Waals surface area contributed by atoms with E-state index < -0.39 is 0 Å². The van der Waals surface area contributed by atoms with Gasteiger partial charge in [0, 0.05) is 25.3 Å². The van der Waals surface area contributed by atoms with E-state index in [1.807, 2.05) is 34.9 Å². The van der Waals surface area contributed by atoms with Gasteiger partial charge in [-0.1, -0.05) is 6.07 Å². The van der Waals surface area contributed by atoms with Gasteiger partial charge in [0.25, 0.3) is 5.91 Å². The van der Waals surface area contributed by atoms with Crippen molar-refractivity contribution >= 4 is 17.4 Å². The zero-order valence-corrected chi connectivity index (χ0v) is 17.7. The second kappa shape index (κ2) is 7.59. The van der Waals surface area contributed by atoms with E-state index in [2.05, 4.69) is 25.4 Å². The summed E-state index contributed by atoms with van der Waals surface area (Å²) < 4.78 is 13.4. The Morgan fingerprint density at radius 2 is 2.00 bits per heavy atom. The van der Waals surface area contributed by atoms with Gasteiger partial charge in [-0.25, -0.2) is 4.98 Å². The molecule has 3 aliphatic rings. The number of aryl methyl sites for hydroxylation is 1. The van der Waals surface area contributed by atoms with Gasteiger partial charge < -0.3 is 24.3 Å². The maximum atomic E-state index is 13.2. The van der Waals surface area contributed by atoms with E-state index >= 15 is 0 Å². The molecule has 2 fully saturated rings. The van der Waals surface area contributed by atoms with Crippen LogP contribution in [-0.2, 0) is 11.3 Å². The number of carbonyl (C=O) groups excluding carboxylic acids is 1. The fraction of sp³-hybridized carbons (Fsp3) is 0.391. The molecule has 1 aromatic carbocycles. The normalized spacial score (nSPS) is 19.5. The highest BCUT2D eigenvalue weighted by molar-refractivity contribution is 6.06. The quantitative estimate of drug-likeness (QED) is 0.632. The van der Waals surface area contributed by atoms with Crippen molar-refractivity contribution in [2.45, 2.75) is 19.4 Å². The number of benzene rings is 1. The molecule has 2 bridgehead atoms. The molecule has 2 saturated heterocycles. The van der Waals surface area contributed by atoms with Crippen molar-refractivity contribution in [1.29, 1.82) is 0 Å². The summed E-state index contributed by atoms with van der Waals surface area (Å²) >= 11 is 0. The Labute approximate surface area is 185 Å². The van der Waals surface area contributed by atoms with Gasteiger partial charge in [-0.15, -0.1) is 10.2 Å². The van der Waals surface area contributed by atoms with Gasteiger partial charge in [0.2, 0.25) is 0 Å². The molecule has 164 valence electrons. The Balaban J connectivity index is 1.31. The largest absolute Gasteiger partial charge is 0.493 e. The summed E-state index contributed by atoms with van der Waals surface area (Å²) in [5.41, 5.74) is 2.52.